The van der Waals surface area contributed by atoms with Gasteiger partial charge < -0.3 is 14.4 Å². The zero-order valence-electron chi connectivity index (χ0n) is 14.5. The van der Waals surface area contributed by atoms with Crippen molar-refractivity contribution in [2.75, 3.05) is 31.1 Å². The molecule has 0 N–H and O–H groups in total. The van der Waals surface area contributed by atoms with Gasteiger partial charge in [0.2, 0.25) is 5.91 Å². The molecule has 1 saturated heterocycles. The topological polar surface area (TPSA) is 41.4 Å². The number of carbonyl (C=O) groups is 1. The number of anilines is 1. The van der Waals surface area contributed by atoms with E-state index < -0.39 is 0 Å². The van der Waals surface area contributed by atoms with Gasteiger partial charge in [0.05, 0.1) is 0 Å². The second kappa shape index (κ2) is 7.50. The van der Waals surface area contributed by atoms with E-state index in [9.17, 15) is 4.79 Å². The van der Waals surface area contributed by atoms with Gasteiger partial charge in [-0.05, 0) is 36.4 Å². The van der Waals surface area contributed by atoms with Crippen LogP contribution >= 0.6 is 15.9 Å². The lowest BCUT2D eigenvalue weighted by molar-refractivity contribution is -0.131. The van der Waals surface area contributed by atoms with Crippen LogP contribution in [0.25, 0.3) is 10.9 Å². The Labute approximate surface area is 161 Å². The van der Waals surface area contributed by atoms with E-state index in [1.165, 1.54) is 10.9 Å². The minimum absolute atomic E-state index is 0.227. The van der Waals surface area contributed by atoms with E-state index in [4.69, 9.17) is 0 Å². The fourth-order valence-corrected chi connectivity index (χ4v) is 3.84. The van der Waals surface area contributed by atoms with Crippen molar-refractivity contribution in [3.8, 4) is 0 Å². The number of rotatable bonds is 4. The third-order valence-electron chi connectivity index (χ3n) is 4.91. The molecular formula is C20H21BrN4O. The number of benzene rings is 1. The second-order valence-electron chi connectivity index (χ2n) is 6.52. The molecule has 1 aliphatic heterocycles. The van der Waals surface area contributed by atoms with Crippen molar-refractivity contribution in [2.24, 2.45) is 0 Å². The first-order chi connectivity index (χ1) is 12.7. The number of halogens is 1. The summed E-state index contributed by atoms with van der Waals surface area (Å²) in [5.41, 5.74) is 1.17. The molecule has 6 heteroatoms. The normalized spacial score (nSPS) is 14.8. The van der Waals surface area contributed by atoms with Crippen molar-refractivity contribution < 1.29 is 4.79 Å². The Morgan fingerprint density at radius 2 is 1.92 bits per heavy atom. The highest BCUT2D eigenvalue weighted by Crippen LogP contribution is 2.21. The van der Waals surface area contributed by atoms with Gasteiger partial charge in [0.25, 0.3) is 0 Å². The number of carbonyl (C=O) groups excluding carboxylic acids is 1. The van der Waals surface area contributed by atoms with E-state index >= 15 is 0 Å². The lowest BCUT2D eigenvalue weighted by Gasteiger charge is -2.35. The Bertz CT molecular complexity index is 901. The summed E-state index contributed by atoms with van der Waals surface area (Å²) in [6.45, 7) is 3.90. The van der Waals surface area contributed by atoms with Crippen molar-refractivity contribution in [2.45, 2.75) is 13.0 Å². The number of hydrogen-bond donors (Lipinski definition) is 0. The molecule has 1 fully saturated rings. The number of aryl methyl sites for hydroxylation is 1. The van der Waals surface area contributed by atoms with Gasteiger partial charge in [0, 0.05) is 66.9 Å². The van der Waals surface area contributed by atoms with Gasteiger partial charge >= 0.3 is 0 Å². The molecule has 0 atom stereocenters. The molecule has 0 saturated carbocycles. The molecule has 5 nitrogen and oxygen atoms in total. The van der Waals surface area contributed by atoms with Gasteiger partial charge in [-0.15, -0.1) is 0 Å². The lowest BCUT2D eigenvalue weighted by atomic mass is 10.2. The first-order valence-electron chi connectivity index (χ1n) is 8.89. The average Bonchev–Trinajstić information content (AvgIpc) is 3.09. The fraction of sp³-hybridized carbons (Fsp3) is 0.300. The molecule has 0 unspecified atom stereocenters. The van der Waals surface area contributed by atoms with Crippen molar-refractivity contribution in [1.82, 2.24) is 14.5 Å². The third kappa shape index (κ3) is 3.60. The number of amides is 1. The summed E-state index contributed by atoms with van der Waals surface area (Å²) in [6, 6.07) is 14.3. The van der Waals surface area contributed by atoms with Gasteiger partial charge in [-0.2, -0.15) is 0 Å². The highest BCUT2D eigenvalue weighted by Gasteiger charge is 2.21. The molecular weight excluding hydrogens is 392 g/mol. The maximum atomic E-state index is 12.6. The molecule has 0 spiro atoms. The molecule has 1 aliphatic rings. The van der Waals surface area contributed by atoms with Crippen molar-refractivity contribution in [1.29, 1.82) is 0 Å². The van der Waals surface area contributed by atoms with E-state index in [1.807, 2.05) is 35.4 Å². The van der Waals surface area contributed by atoms with Gasteiger partial charge in [0.15, 0.2) is 0 Å². The zero-order valence-corrected chi connectivity index (χ0v) is 16.1. The molecule has 134 valence electrons. The number of aromatic nitrogens is 2. The smallest absolute Gasteiger partial charge is 0.224 e. The summed E-state index contributed by atoms with van der Waals surface area (Å²) < 4.78 is 3.23. The van der Waals surface area contributed by atoms with Gasteiger partial charge in [-0.1, -0.05) is 22.0 Å². The fourth-order valence-electron chi connectivity index (χ4n) is 3.47. The highest BCUT2D eigenvalue weighted by molar-refractivity contribution is 9.10. The van der Waals surface area contributed by atoms with Gasteiger partial charge in [0.1, 0.15) is 5.82 Å². The molecule has 2 aromatic heterocycles. The Morgan fingerprint density at radius 3 is 2.69 bits per heavy atom. The maximum Gasteiger partial charge on any atom is 0.224 e. The summed E-state index contributed by atoms with van der Waals surface area (Å²) in [5.74, 6) is 1.22. The Balaban J connectivity index is 1.33. The predicted molar refractivity (Wildman–Crippen MR) is 107 cm³/mol. The predicted octanol–water partition coefficient (Wildman–Crippen LogP) is 3.54. The Kier molecular flexibility index (Phi) is 4.93. The Morgan fingerprint density at radius 1 is 1.08 bits per heavy atom. The first-order valence-corrected chi connectivity index (χ1v) is 9.68. The summed E-state index contributed by atoms with van der Waals surface area (Å²) in [4.78, 5) is 21.2. The van der Waals surface area contributed by atoms with E-state index in [0.29, 0.717) is 13.0 Å². The summed E-state index contributed by atoms with van der Waals surface area (Å²) >= 11 is 3.50. The minimum atomic E-state index is 0.227. The zero-order chi connectivity index (χ0) is 17.9. The van der Waals surface area contributed by atoms with E-state index in [-0.39, 0.29) is 5.91 Å². The monoisotopic (exact) mass is 412 g/mol. The Hall–Kier alpha value is -2.34. The van der Waals surface area contributed by atoms with Crippen LogP contribution in [0.15, 0.2) is 59.3 Å². The number of hydrogen-bond acceptors (Lipinski definition) is 3. The first kappa shape index (κ1) is 17.1. The van der Waals surface area contributed by atoms with Gasteiger partial charge in [-0.3, -0.25) is 4.79 Å². The van der Waals surface area contributed by atoms with Crippen LogP contribution in [0, 0.1) is 0 Å². The van der Waals surface area contributed by atoms with Crippen LogP contribution in [0.3, 0.4) is 0 Å². The molecule has 1 amide bonds. The minimum Gasteiger partial charge on any atom is -0.353 e. The van der Waals surface area contributed by atoms with Gasteiger partial charge in [-0.25, -0.2) is 4.98 Å². The molecule has 0 bridgehead atoms. The molecule has 3 aromatic rings. The van der Waals surface area contributed by atoms with E-state index in [0.717, 1.165) is 36.5 Å². The van der Waals surface area contributed by atoms with Crippen LogP contribution in [0.2, 0.25) is 0 Å². The maximum absolute atomic E-state index is 12.6. The third-order valence-corrected chi connectivity index (χ3v) is 5.40. The summed E-state index contributed by atoms with van der Waals surface area (Å²) in [5, 5.41) is 1.19. The highest BCUT2D eigenvalue weighted by atomic mass is 79.9. The summed E-state index contributed by atoms with van der Waals surface area (Å²) in [6.07, 6.45) is 4.40. The van der Waals surface area contributed by atoms with Crippen LogP contribution in [0.5, 0.6) is 0 Å². The molecule has 3 heterocycles. The summed E-state index contributed by atoms with van der Waals surface area (Å²) in [7, 11) is 0. The van der Waals surface area contributed by atoms with E-state index in [2.05, 4.69) is 54.8 Å². The number of fused-ring (bicyclic) bond motifs is 1. The van der Waals surface area contributed by atoms with Crippen molar-refractivity contribution >= 4 is 38.6 Å². The van der Waals surface area contributed by atoms with Crippen LogP contribution in [-0.2, 0) is 11.3 Å². The molecule has 1 aromatic carbocycles. The quantitative estimate of drug-likeness (QED) is 0.657. The average molecular weight is 413 g/mol. The van der Waals surface area contributed by atoms with Crippen LogP contribution in [-0.4, -0.2) is 46.5 Å². The van der Waals surface area contributed by atoms with Crippen molar-refractivity contribution in [3.63, 3.8) is 0 Å². The van der Waals surface area contributed by atoms with Crippen LogP contribution in [0.1, 0.15) is 6.42 Å². The van der Waals surface area contributed by atoms with Crippen molar-refractivity contribution in [3.05, 3.63) is 59.3 Å². The molecule has 0 aliphatic carbocycles. The molecule has 0 radical (unpaired) electrons. The van der Waals surface area contributed by atoms with Crippen LogP contribution < -0.4 is 4.90 Å². The number of pyridine rings is 1. The standard InChI is InChI=1S/C20H21BrN4O/c21-17-4-5-18-16(15-17)6-9-23(18)10-7-20(26)25-13-11-24(12-14-25)19-3-1-2-8-22-19/h1-6,8-9,15H,7,10-14H2. The number of nitrogens with zero attached hydrogens (tertiary/aromatic N) is 4. The second-order valence-corrected chi connectivity index (χ2v) is 7.43. The lowest BCUT2D eigenvalue weighted by Crippen LogP contribution is -2.49. The van der Waals surface area contributed by atoms with Crippen LogP contribution in [0.4, 0.5) is 5.82 Å². The molecule has 4 rings (SSSR count). The molecule has 26 heavy (non-hydrogen) atoms. The SMILES string of the molecule is O=C(CCn1ccc2cc(Br)ccc21)N1CCN(c2ccccn2)CC1. The largest absolute Gasteiger partial charge is 0.353 e. The van der Waals surface area contributed by atoms with E-state index in [1.54, 1.807) is 0 Å². The number of piperazine rings is 1.